The highest BCUT2D eigenvalue weighted by Crippen LogP contribution is 2.25. The summed E-state index contributed by atoms with van der Waals surface area (Å²) in [6.07, 6.45) is 1.75. The largest absolute Gasteiger partial charge is 0.315 e. The molecule has 1 aromatic rings. The summed E-state index contributed by atoms with van der Waals surface area (Å²) in [4.78, 5) is 0. The van der Waals surface area contributed by atoms with E-state index in [1.807, 2.05) is 0 Å². The van der Waals surface area contributed by atoms with Crippen LogP contribution in [0, 0.1) is 11.3 Å². The van der Waals surface area contributed by atoms with Crippen LogP contribution >= 0.6 is 0 Å². The molecule has 1 unspecified atom stereocenters. The first kappa shape index (κ1) is 15.7. The van der Waals surface area contributed by atoms with E-state index >= 15 is 0 Å². The third-order valence-electron chi connectivity index (χ3n) is 3.85. The van der Waals surface area contributed by atoms with Crippen LogP contribution in [0.4, 0.5) is 0 Å². The van der Waals surface area contributed by atoms with Gasteiger partial charge in [-0.25, -0.2) is 0 Å². The van der Waals surface area contributed by atoms with Gasteiger partial charge in [-0.1, -0.05) is 52.0 Å². The van der Waals surface area contributed by atoms with Crippen molar-refractivity contribution in [1.82, 2.24) is 5.32 Å². The summed E-state index contributed by atoms with van der Waals surface area (Å²) >= 11 is 0. The van der Waals surface area contributed by atoms with Gasteiger partial charge < -0.3 is 5.32 Å². The topological polar surface area (TPSA) is 35.8 Å². The zero-order chi connectivity index (χ0) is 14.3. The minimum atomic E-state index is 0.101. The fourth-order valence-electron chi connectivity index (χ4n) is 2.15. The van der Waals surface area contributed by atoms with Crippen LogP contribution in [0.3, 0.4) is 0 Å². The number of benzene rings is 1. The number of hydrogen-bond acceptors (Lipinski definition) is 2. The molecule has 0 saturated heterocycles. The highest BCUT2D eigenvalue weighted by atomic mass is 14.9. The molecule has 0 radical (unpaired) electrons. The van der Waals surface area contributed by atoms with E-state index in [0.29, 0.717) is 12.3 Å². The monoisotopic (exact) mass is 258 g/mol. The lowest BCUT2D eigenvalue weighted by Gasteiger charge is -2.26. The van der Waals surface area contributed by atoms with E-state index in [-0.39, 0.29) is 5.41 Å². The number of rotatable bonds is 7. The van der Waals surface area contributed by atoms with Crippen LogP contribution in [-0.4, -0.2) is 13.1 Å². The zero-order valence-electron chi connectivity index (χ0n) is 12.7. The Kier molecular flexibility index (Phi) is 6.05. The molecule has 0 amide bonds. The highest BCUT2D eigenvalue weighted by Gasteiger charge is 2.20. The van der Waals surface area contributed by atoms with Crippen LogP contribution in [-0.2, 0) is 5.41 Å². The molecule has 104 valence electrons. The van der Waals surface area contributed by atoms with E-state index < -0.39 is 0 Å². The standard InChI is InChI=1S/C17H26N2/c1-5-14(2)15-7-9-16(10-8-15)17(3,4)13-19-12-6-11-18/h7-10,14,19H,5-6,12-13H2,1-4H3. The zero-order valence-corrected chi connectivity index (χ0v) is 12.7. The molecule has 1 N–H and O–H groups in total. The summed E-state index contributed by atoms with van der Waals surface area (Å²) in [6, 6.07) is 11.1. The number of hydrogen-bond donors (Lipinski definition) is 1. The van der Waals surface area contributed by atoms with E-state index in [1.54, 1.807) is 0 Å². The summed E-state index contributed by atoms with van der Waals surface area (Å²) < 4.78 is 0. The van der Waals surface area contributed by atoms with Crippen LogP contribution in [0.5, 0.6) is 0 Å². The number of nitrogens with one attached hydrogen (secondary N) is 1. The van der Waals surface area contributed by atoms with Crippen molar-refractivity contribution < 1.29 is 0 Å². The van der Waals surface area contributed by atoms with Gasteiger partial charge in [0.15, 0.2) is 0 Å². The van der Waals surface area contributed by atoms with E-state index in [0.717, 1.165) is 13.1 Å². The number of nitriles is 1. The summed E-state index contributed by atoms with van der Waals surface area (Å²) in [5, 5.41) is 11.9. The molecule has 0 bridgehead atoms. The molecule has 19 heavy (non-hydrogen) atoms. The first-order valence-electron chi connectivity index (χ1n) is 7.19. The summed E-state index contributed by atoms with van der Waals surface area (Å²) in [6.45, 7) is 10.6. The molecule has 0 aliphatic rings. The summed E-state index contributed by atoms with van der Waals surface area (Å²) in [5.41, 5.74) is 2.87. The Morgan fingerprint density at radius 2 is 1.89 bits per heavy atom. The average molecular weight is 258 g/mol. The molecule has 0 fully saturated rings. The predicted molar refractivity (Wildman–Crippen MR) is 81.3 cm³/mol. The van der Waals surface area contributed by atoms with Crippen LogP contribution in [0.25, 0.3) is 0 Å². The van der Waals surface area contributed by atoms with Gasteiger partial charge in [0.1, 0.15) is 0 Å². The molecule has 0 aliphatic heterocycles. The van der Waals surface area contributed by atoms with Gasteiger partial charge in [0.05, 0.1) is 6.07 Å². The Balaban J connectivity index is 2.65. The Morgan fingerprint density at radius 3 is 2.42 bits per heavy atom. The van der Waals surface area contributed by atoms with Gasteiger partial charge in [0, 0.05) is 24.9 Å². The molecular formula is C17H26N2. The molecule has 2 heteroatoms. The van der Waals surface area contributed by atoms with Crippen molar-refractivity contribution in [2.75, 3.05) is 13.1 Å². The fourth-order valence-corrected chi connectivity index (χ4v) is 2.15. The molecule has 0 aliphatic carbocycles. The maximum atomic E-state index is 8.53. The van der Waals surface area contributed by atoms with E-state index in [4.69, 9.17) is 5.26 Å². The third-order valence-corrected chi connectivity index (χ3v) is 3.85. The van der Waals surface area contributed by atoms with Crippen molar-refractivity contribution in [1.29, 1.82) is 5.26 Å². The summed E-state index contributed by atoms with van der Waals surface area (Å²) in [7, 11) is 0. The van der Waals surface area contributed by atoms with Gasteiger partial charge in [-0.05, 0) is 23.5 Å². The highest BCUT2D eigenvalue weighted by molar-refractivity contribution is 5.30. The first-order valence-corrected chi connectivity index (χ1v) is 7.19. The molecular weight excluding hydrogens is 232 g/mol. The van der Waals surface area contributed by atoms with Gasteiger partial charge in [-0.15, -0.1) is 0 Å². The van der Waals surface area contributed by atoms with Crippen molar-refractivity contribution in [3.8, 4) is 6.07 Å². The first-order chi connectivity index (χ1) is 9.01. The van der Waals surface area contributed by atoms with E-state index in [2.05, 4.69) is 63.3 Å². The lowest BCUT2D eigenvalue weighted by Crippen LogP contribution is -2.33. The van der Waals surface area contributed by atoms with E-state index in [1.165, 1.54) is 17.5 Å². The van der Waals surface area contributed by atoms with Gasteiger partial charge in [-0.3, -0.25) is 0 Å². The van der Waals surface area contributed by atoms with Gasteiger partial charge >= 0.3 is 0 Å². The normalized spacial score (nSPS) is 13.0. The molecule has 1 aromatic carbocycles. The Labute approximate surface area is 117 Å². The summed E-state index contributed by atoms with van der Waals surface area (Å²) in [5.74, 6) is 0.630. The Hall–Kier alpha value is -1.33. The van der Waals surface area contributed by atoms with Crippen molar-refractivity contribution >= 4 is 0 Å². The molecule has 0 spiro atoms. The van der Waals surface area contributed by atoms with Crippen molar-refractivity contribution in [2.45, 2.75) is 51.9 Å². The lowest BCUT2D eigenvalue weighted by molar-refractivity contribution is 0.473. The van der Waals surface area contributed by atoms with Crippen LogP contribution < -0.4 is 5.32 Å². The SMILES string of the molecule is CCC(C)c1ccc(C(C)(C)CNCCC#N)cc1. The van der Waals surface area contributed by atoms with Crippen LogP contribution in [0.2, 0.25) is 0 Å². The number of nitrogens with zero attached hydrogens (tertiary/aromatic N) is 1. The van der Waals surface area contributed by atoms with Gasteiger partial charge in [-0.2, -0.15) is 5.26 Å². The average Bonchev–Trinajstić information content (AvgIpc) is 2.43. The minimum Gasteiger partial charge on any atom is -0.315 e. The second-order valence-corrected chi connectivity index (χ2v) is 5.90. The second-order valence-electron chi connectivity index (χ2n) is 5.90. The van der Waals surface area contributed by atoms with Crippen molar-refractivity contribution in [2.24, 2.45) is 0 Å². The maximum Gasteiger partial charge on any atom is 0.0635 e. The lowest BCUT2D eigenvalue weighted by atomic mass is 9.83. The van der Waals surface area contributed by atoms with E-state index in [9.17, 15) is 0 Å². The van der Waals surface area contributed by atoms with Gasteiger partial charge in [0.25, 0.3) is 0 Å². The third kappa shape index (κ3) is 4.69. The second kappa shape index (κ2) is 7.31. The van der Waals surface area contributed by atoms with Crippen molar-refractivity contribution in [3.63, 3.8) is 0 Å². The molecule has 2 nitrogen and oxygen atoms in total. The maximum absolute atomic E-state index is 8.53. The van der Waals surface area contributed by atoms with Crippen LogP contribution in [0.15, 0.2) is 24.3 Å². The minimum absolute atomic E-state index is 0.101. The fraction of sp³-hybridized carbons (Fsp3) is 0.588. The predicted octanol–water partition coefficient (Wildman–Crippen LogP) is 3.98. The van der Waals surface area contributed by atoms with Crippen molar-refractivity contribution in [3.05, 3.63) is 35.4 Å². The Morgan fingerprint density at radius 1 is 1.26 bits per heavy atom. The molecule has 0 heterocycles. The molecule has 1 atom stereocenters. The van der Waals surface area contributed by atoms with Crippen LogP contribution in [0.1, 0.15) is 57.6 Å². The quantitative estimate of drug-likeness (QED) is 0.751. The molecule has 1 rings (SSSR count). The molecule has 0 saturated carbocycles. The molecule has 0 aromatic heterocycles. The smallest absolute Gasteiger partial charge is 0.0635 e. The van der Waals surface area contributed by atoms with Gasteiger partial charge in [0.2, 0.25) is 0 Å². The Bertz CT molecular complexity index is 412.